The molecular weight excluding hydrogens is 233 g/mol. The highest BCUT2D eigenvalue weighted by Gasteiger charge is 2.08. The van der Waals surface area contributed by atoms with Crippen molar-refractivity contribution in [3.63, 3.8) is 0 Å². The topological polar surface area (TPSA) is 42.4 Å². The number of hydrogen-bond donors (Lipinski definition) is 1. The lowest BCUT2D eigenvalue weighted by Crippen LogP contribution is -1.95. The molecule has 0 amide bonds. The van der Waals surface area contributed by atoms with E-state index in [2.05, 4.69) is 4.98 Å². The first-order chi connectivity index (χ1) is 8.58. The molecule has 1 aromatic carbocycles. The summed E-state index contributed by atoms with van der Waals surface area (Å²) in [4.78, 5) is 4.02. The maximum Gasteiger partial charge on any atom is 0.219 e. The van der Waals surface area contributed by atoms with E-state index in [-0.39, 0.29) is 11.6 Å². The van der Waals surface area contributed by atoms with Gasteiger partial charge in [-0.25, -0.2) is 9.37 Å². The van der Waals surface area contributed by atoms with E-state index in [1.807, 2.05) is 0 Å². The van der Waals surface area contributed by atoms with Gasteiger partial charge >= 0.3 is 0 Å². The minimum absolute atomic E-state index is 0.146. The molecule has 0 fully saturated rings. The van der Waals surface area contributed by atoms with E-state index < -0.39 is 6.10 Å². The number of halogens is 1. The molecule has 0 aliphatic rings. The Balaban J connectivity index is 2.21. The highest BCUT2D eigenvalue weighted by Crippen LogP contribution is 2.25. The zero-order valence-corrected chi connectivity index (χ0v) is 10.2. The molecule has 0 radical (unpaired) electrons. The van der Waals surface area contributed by atoms with Crippen LogP contribution in [0.15, 0.2) is 36.5 Å². The molecule has 1 heterocycles. The second kappa shape index (κ2) is 5.14. The lowest BCUT2D eigenvalue weighted by molar-refractivity contribution is 0.198. The fourth-order valence-electron chi connectivity index (χ4n) is 1.51. The number of aromatic nitrogens is 1. The number of nitrogens with zero attached hydrogens (tertiary/aromatic N) is 1. The van der Waals surface area contributed by atoms with Crippen LogP contribution in [-0.4, -0.2) is 10.1 Å². The van der Waals surface area contributed by atoms with Gasteiger partial charge in [-0.3, -0.25) is 0 Å². The predicted molar refractivity (Wildman–Crippen MR) is 66.1 cm³/mol. The fraction of sp³-hybridized carbons (Fsp3) is 0.214. The van der Waals surface area contributed by atoms with E-state index >= 15 is 0 Å². The van der Waals surface area contributed by atoms with Gasteiger partial charge in [-0.1, -0.05) is 12.1 Å². The average molecular weight is 247 g/mol. The SMILES string of the molecule is Cc1cccc(Oc2ccc([C@H](C)O)cn2)c1F. The largest absolute Gasteiger partial charge is 0.436 e. The van der Waals surface area contributed by atoms with Crippen molar-refractivity contribution in [2.45, 2.75) is 20.0 Å². The van der Waals surface area contributed by atoms with Gasteiger partial charge in [-0.05, 0) is 37.1 Å². The summed E-state index contributed by atoms with van der Waals surface area (Å²) in [6, 6.07) is 8.24. The fourth-order valence-corrected chi connectivity index (χ4v) is 1.51. The van der Waals surface area contributed by atoms with Gasteiger partial charge in [0.1, 0.15) is 0 Å². The molecular formula is C14H14FNO2. The summed E-state index contributed by atoms with van der Waals surface area (Å²) < 4.78 is 19.1. The van der Waals surface area contributed by atoms with Gasteiger partial charge in [-0.2, -0.15) is 0 Å². The van der Waals surface area contributed by atoms with Gasteiger partial charge in [-0.15, -0.1) is 0 Å². The normalized spacial score (nSPS) is 12.2. The van der Waals surface area contributed by atoms with Crippen LogP contribution in [-0.2, 0) is 0 Å². The molecule has 1 atom stereocenters. The molecule has 2 rings (SSSR count). The minimum atomic E-state index is -0.581. The quantitative estimate of drug-likeness (QED) is 0.904. The Labute approximate surface area is 105 Å². The molecule has 1 N–H and O–H groups in total. The molecule has 1 aromatic heterocycles. The van der Waals surface area contributed by atoms with E-state index in [9.17, 15) is 9.50 Å². The van der Waals surface area contributed by atoms with E-state index in [0.29, 0.717) is 17.0 Å². The van der Waals surface area contributed by atoms with Crippen molar-refractivity contribution < 1.29 is 14.2 Å². The summed E-state index contributed by atoms with van der Waals surface area (Å²) in [7, 11) is 0. The van der Waals surface area contributed by atoms with Gasteiger partial charge in [0.15, 0.2) is 11.6 Å². The Kier molecular flexibility index (Phi) is 3.58. The molecule has 4 heteroatoms. The van der Waals surface area contributed by atoms with Crippen molar-refractivity contribution in [2.24, 2.45) is 0 Å². The van der Waals surface area contributed by atoms with Crippen LogP contribution >= 0.6 is 0 Å². The number of pyridine rings is 1. The van der Waals surface area contributed by atoms with Gasteiger partial charge in [0.2, 0.25) is 5.88 Å². The van der Waals surface area contributed by atoms with Crippen LogP contribution in [0.5, 0.6) is 11.6 Å². The Bertz CT molecular complexity index is 538. The van der Waals surface area contributed by atoms with Crippen LogP contribution in [0.2, 0.25) is 0 Å². The maximum atomic E-state index is 13.7. The van der Waals surface area contributed by atoms with Crippen molar-refractivity contribution in [2.75, 3.05) is 0 Å². The Hall–Kier alpha value is -1.94. The second-order valence-electron chi connectivity index (χ2n) is 4.09. The molecule has 0 bridgehead atoms. The van der Waals surface area contributed by atoms with Gasteiger partial charge < -0.3 is 9.84 Å². The lowest BCUT2D eigenvalue weighted by atomic mass is 10.2. The van der Waals surface area contributed by atoms with Crippen LogP contribution in [0.1, 0.15) is 24.2 Å². The first kappa shape index (κ1) is 12.5. The van der Waals surface area contributed by atoms with Gasteiger partial charge in [0, 0.05) is 12.3 Å². The van der Waals surface area contributed by atoms with Crippen LogP contribution < -0.4 is 4.74 Å². The standard InChI is InChI=1S/C14H14FNO2/c1-9-4-3-5-12(14(9)15)18-13-7-6-11(8-16-13)10(2)17/h3-8,10,17H,1-2H3/t10-/m0/s1. The molecule has 0 aliphatic heterocycles. The number of aliphatic hydroxyl groups excluding tert-OH is 1. The molecule has 0 aliphatic carbocycles. The molecule has 2 aromatic rings. The number of rotatable bonds is 3. The first-order valence-corrected chi connectivity index (χ1v) is 5.65. The lowest BCUT2D eigenvalue weighted by Gasteiger charge is -2.08. The summed E-state index contributed by atoms with van der Waals surface area (Å²) in [5.41, 5.74) is 1.21. The Morgan fingerprint density at radius 1 is 1.28 bits per heavy atom. The molecule has 0 spiro atoms. The third-order valence-electron chi connectivity index (χ3n) is 2.61. The molecule has 0 saturated heterocycles. The van der Waals surface area contributed by atoms with Crippen molar-refractivity contribution in [1.29, 1.82) is 0 Å². The highest BCUT2D eigenvalue weighted by molar-refractivity contribution is 5.33. The predicted octanol–water partition coefficient (Wildman–Crippen LogP) is 3.37. The number of hydrogen-bond acceptors (Lipinski definition) is 3. The van der Waals surface area contributed by atoms with E-state index in [1.54, 1.807) is 44.2 Å². The van der Waals surface area contributed by atoms with Crippen molar-refractivity contribution in [3.8, 4) is 11.6 Å². The summed E-state index contributed by atoms with van der Waals surface area (Å²) in [5, 5.41) is 9.34. The molecule has 0 unspecified atom stereocenters. The van der Waals surface area contributed by atoms with Crippen LogP contribution in [0, 0.1) is 12.7 Å². The summed E-state index contributed by atoms with van der Waals surface area (Å²) in [5.74, 6) is 0.0510. The summed E-state index contributed by atoms with van der Waals surface area (Å²) >= 11 is 0. The van der Waals surface area contributed by atoms with Crippen molar-refractivity contribution in [1.82, 2.24) is 4.98 Å². The van der Waals surface area contributed by atoms with Crippen molar-refractivity contribution >= 4 is 0 Å². The van der Waals surface area contributed by atoms with Crippen LogP contribution in [0.3, 0.4) is 0 Å². The molecule has 18 heavy (non-hydrogen) atoms. The first-order valence-electron chi connectivity index (χ1n) is 5.65. The highest BCUT2D eigenvalue weighted by atomic mass is 19.1. The average Bonchev–Trinajstić information content (AvgIpc) is 2.36. The molecule has 0 saturated carbocycles. The molecule has 3 nitrogen and oxygen atoms in total. The summed E-state index contributed by atoms with van der Waals surface area (Å²) in [6.45, 7) is 3.32. The second-order valence-corrected chi connectivity index (χ2v) is 4.09. The van der Waals surface area contributed by atoms with Gasteiger partial charge in [0.05, 0.1) is 6.10 Å². The maximum absolute atomic E-state index is 13.7. The Morgan fingerprint density at radius 3 is 2.67 bits per heavy atom. The zero-order valence-electron chi connectivity index (χ0n) is 10.2. The number of benzene rings is 1. The van der Waals surface area contributed by atoms with E-state index in [4.69, 9.17) is 4.74 Å². The molecule has 94 valence electrons. The van der Waals surface area contributed by atoms with Crippen LogP contribution in [0.4, 0.5) is 4.39 Å². The van der Waals surface area contributed by atoms with E-state index in [0.717, 1.165) is 0 Å². The van der Waals surface area contributed by atoms with E-state index in [1.165, 1.54) is 6.20 Å². The third-order valence-corrected chi connectivity index (χ3v) is 2.61. The third kappa shape index (κ3) is 2.65. The number of aliphatic hydroxyl groups is 1. The van der Waals surface area contributed by atoms with Crippen LogP contribution in [0.25, 0.3) is 0 Å². The smallest absolute Gasteiger partial charge is 0.219 e. The van der Waals surface area contributed by atoms with Gasteiger partial charge in [0.25, 0.3) is 0 Å². The number of aryl methyl sites for hydroxylation is 1. The Morgan fingerprint density at radius 2 is 2.06 bits per heavy atom. The van der Waals surface area contributed by atoms with Crippen molar-refractivity contribution in [3.05, 3.63) is 53.5 Å². The minimum Gasteiger partial charge on any atom is -0.436 e. The monoisotopic (exact) mass is 247 g/mol. The zero-order chi connectivity index (χ0) is 13.1. The number of ether oxygens (including phenoxy) is 1. The summed E-state index contributed by atoms with van der Waals surface area (Å²) in [6.07, 6.45) is 0.926.